The van der Waals surface area contributed by atoms with Crippen molar-refractivity contribution in [2.24, 2.45) is 0 Å². The fraction of sp³-hybridized carbons (Fsp3) is 0.688. The Morgan fingerprint density at radius 2 is 2.14 bits per heavy atom. The standard InChI is InChI=1S/C16H25ClN4/c1-20(8-9-21-6-2-3-7-21)16-10-13(15(17)12-19-16)11-18-14-4-5-14/h10,12,14,18H,2-9,11H2,1H3. The van der Waals surface area contributed by atoms with Gasteiger partial charge in [-0.05, 0) is 50.4 Å². The molecule has 21 heavy (non-hydrogen) atoms. The second-order valence-electron chi connectivity index (χ2n) is 6.26. The van der Waals surface area contributed by atoms with Gasteiger partial charge in [-0.1, -0.05) is 11.6 Å². The maximum atomic E-state index is 6.26. The number of hydrogen-bond acceptors (Lipinski definition) is 4. The zero-order valence-electron chi connectivity index (χ0n) is 12.8. The molecule has 3 rings (SSSR count). The average molecular weight is 309 g/mol. The molecule has 0 spiro atoms. The van der Waals surface area contributed by atoms with Gasteiger partial charge in [-0.25, -0.2) is 4.98 Å². The van der Waals surface area contributed by atoms with Gasteiger partial charge in [0, 0.05) is 38.9 Å². The second-order valence-corrected chi connectivity index (χ2v) is 6.67. The molecular formula is C16H25ClN4. The summed E-state index contributed by atoms with van der Waals surface area (Å²) < 4.78 is 0. The van der Waals surface area contributed by atoms with Crippen molar-refractivity contribution >= 4 is 17.4 Å². The Morgan fingerprint density at radius 1 is 1.38 bits per heavy atom. The summed E-state index contributed by atoms with van der Waals surface area (Å²) in [5.74, 6) is 1.02. The first-order chi connectivity index (χ1) is 10.2. The van der Waals surface area contributed by atoms with Crippen molar-refractivity contribution in [3.8, 4) is 0 Å². The molecule has 1 aliphatic heterocycles. The molecule has 0 unspecified atom stereocenters. The maximum Gasteiger partial charge on any atom is 0.128 e. The molecule has 0 amide bonds. The van der Waals surface area contributed by atoms with E-state index in [0.29, 0.717) is 6.04 Å². The largest absolute Gasteiger partial charge is 0.358 e. The molecule has 116 valence electrons. The highest BCUT2D eigenvalue weighted by atomic mass is 35.5. The van der Waals surface area contributed by atoms with Gasteiger partial charge in [0.05, 0.1) is 5.02 Å². The topological polar surface area (TPSA) is 31.4 Å². The molecule has 2 aliphatic rings. The summed E-state index contributed by atoms with van der Waals surface area (Å²) in [7, 11) is 2.12. The van der Waals surface area contributed by atoms with E-state index in [9.17, 15) is 0 Å². The van der Waals surface area contributed by atoms with Crippen LogP contribution in [-0.4, -0.2) is 49.2 Å². The molecule has 0 atom stereocenters. The van der Waals surface area contributed by atoms with E-state index in [1.807, 2.05) is 0 Å². The molecule has 5 heteroatoms. The van der Waals surface area contributed by atoms with Crippen molar-refractivity contribution < 1.29 is 0 Å². The number of hydrogen-bond donors (Lipinski definition) is 1. The van der Waals surface area contributed by atoms with E-state index < -0.39 is 0 Å². The van der Waals surface area contributed by atoms with Gasteiger partial charge in [0.15, 0.2) is 0 Å². The van der Waals surface area contributed by atoms with Crippen LogP contribution >= 0.6 is 11.6 Å². The van der Waals surface area contributed by atoms with Crippen molar-refractivity contribution in [2.45, 2.75) is 38.3 Å². The normalized spacial score (nSPS) is 19.1. The van der Waals surface area contributed by atoms with Crippen molar-refractivity contribution in [3.63, 3.8) is 0 Å². The Labute approximate surface area is 132 Å². The SMILES string of the molecule is CN(CCN1CCCC1)c1cc(CNC2CC2)c(Cl)cn1. The van der Waals surface area contributed by atoms with Gasteiger partial charge in [0.25, 0.3) is 0 Å². The molecule has 1 aromatic rings. The zero-order valence-corrected chi connectivity index (χ0v) is 13.6. The molecule has 1 N–H and O–H groups in total. The van der Waals surface area contributed by atoms with Crippen LogP contribution in [0.5, 0.6) is 0 Å². The van der Waals surface area contributed by atoms with Gasteiger partial charge in [0.1, 0.15) is 5.82 Å². The van der Waals surface area contributed by atoms with Crippen LogP contribution in [-0.2, 0) is 6.54 Å². The van der Waals surface area contributed by atoms with E-state index in [1.54, 1.807) is 6.20 Å². The fourth-order valence-electron chi connectivity index (χ4n) is 2.77. The first-order valence-corrected chi connectivity index (χ1v) is 8.41. The molecule has 1 aliphatic carbocycles. The molecule has 2 heterocycles. The summed E-state index contributed by atoms with van der Waals surface area (Å²) in [6.45, 7) is 5.48. The molecule has 1 saturated carbocycles. The van der Waals surface area contributed by atoms with Crippen LogP contribution in [0.3, 0.4) is 0 Å². The Bertz CT molecular complexity index is 469. The summed E-state index contributed by atoms with van der Waals surface area (Å²) in [6.07, 6.45) is 7.07. The van der Waals surface area contributed by atoms with Crippen LogP contribution in [0.4, 0.5) is 5.82 Å². The van der Waals surface area contributed by atoms with Crippen LogP contribution in [0, 0.1) is 0 Å². The van der Waals surface area contributed by atoms with Gasteiger partial charge in [-0.2, -0.15) is 0 Å². The summed E-state index contributed by atoms with van der Waals surface area (Å²) in [6, 6.07) is 2.83. The Balaban J connectivity index is 1.56. The summed E-state index contributed by atoms with van der Waals surface area (Å²) in [4.78, 5) is 9.24. The monoisotopic (exact) mass is 308 g/mol. The van der Waals surface area contributed by atoms with E-state index in [0.717, 1.165) is 36.0 Å². The maximum absolute atomic E-state index is 6.26. The molecular weight excluding hydrogens is 284 g/mol. The number of aromatic nitrogens is 1. The smallest absolute Gasteiger partial charge is 0.128 e. The molecule has 1 saturated heterocycles. The Kier molecular flexibility index (Phi) is 4.99. The van der Waals surface area contributed by atoms with E-state index >= 15 is 0 Å². The number of rotatable bonds is 7. The third kappa shape index (κ3) is 4.31. The van der Waals surface area contributed by atoms with Crippen LogP contribution < -0.4 is 10.2 Å². The van der Waals surface area contributed by atoms with Gasteiger partial charge in [-0.15, -0.1) is 0 Å². The van der Waals surface area contributed by atoms with Crippen LogP contribution in [0.2, 0.25) is 5.02 Å². The minimum atomic E-state index is 0.700. The van der Waals surface area contributed by atoms with Crippen molar-refractivity contribution in [2.75, 3.05) is 38.1 Å². The molecule has 1 aromatic heterocycles. The highest BCUT2D eigenvalue weighted by Crippen LogP contribution is 2.23. The number of anilines is 1. The number of likely N-dealkylation sites (tertiary alicyclic amines) is 1. The lowest BCUT2D eigenvalue weighted by Gasteiger charge is -2.23. The highest BCUT2D eigenvalue weighted by Gasteiger charge is 2.20. The third-order valence-corrected chi connectivity index (χ3v) is 4.76. The predicted molar refractivity (Wildman–Crippen MR) is 88.1 cm³/mol. The first-order valence-electron chi connectivity index (χ1n) is 8.03. The lowest BCUT2D eigenvalue weighted by Crippen LogP contribution is -2.31. The molecule has 0 radical (unpaired) electrons. The van der Waals surface area contributed by atoms with Crippen LogP contribution in [0.25, 0.3) is 0 Å². The molecule has 0 aromatic carbocycles. The third-order valence-electron chi connectivity index (χ3n) is 4.42. The number of nitrogens with one attached hydrogen (secondary N) is 1. The minimum Gasteiger partial charge on any atom is -0.358 e. The lowest BCUT2D eigenvalue weighted by atomic mass is 10.2. The Hall–Kier alpha value is -0.840. The number of nitrogens with zero attached hydrogens (tertiary/aromatic N) is 3. The first kappa shape index (κ1) is 15.1. The van der Waals surface area contributed by atoms with Gasteiger partial charge in [-0.3, -0.25) is 0 Å². The van der Waals surface area contributed by atoms with Gasteiger partial charge in [0.2, 0.25) is 0 Å². The zero-order chi connectivity index (χ0) is 14.7. The van der Waals surface area contributed by atoms with Gasteiger partial charge < -0.3 is 15.1 Å². The molecule has 0 bridgehead atoms. The van der Waals surface area contributed by atoms with Crippen molar-refractivity contribution in [1.82, 2.24) is 15.2 Å². The summed E-state index contributed by atoms with van der Waals surface area (Å²) >= 11 is 6.26. The molecule has 2 fully saturated rings. The Morgan fingerprint density at radius 3 is 2.86 bits per heavy atom. The fourth-order valence-corrected chi connectivity index (χ4v) is 2.94. The number of likely N-dealkylation sites (N-methyl/N-ethyl adjacent to an activating group) is 1. The van der Waals surface area contributed by atoms with E-state index in [1.165, 1.54) is 38.8 Å². The quantitative estimate of drug-likeness (QED) is 0.839. The highest BCUT2D eigenvalue weighted by molar-refractivity contribution is 6.31. The summed E-state index contributed by atoms with van der Waals surface area (Å²) in [5, 5.41) is 4.28. The predicted octanol–water partition coefficient (Wildman–Crippen LogP) is 2.52. The molecule has 4 nitrogen and oxygen atoms in total. The number of pyridine rings is 1. The second kappa shape index (κ2) is 6.95. The van der Waals surface area contributed by atoms with Crippen molar-refractivity contribution in [3.05, 3.63) is 22.8 Å². The summed E-state index contributed by atoms with van der Waals surface area (Å²) in [5.41, 5.74) is 1.15. The van der Waals surface area contributed by atoms with E-state index in [4.69, 9.17) is 11.6 Å². The lowest BCUT2D eigenvalue weighted by molar-refractivity contribution is 0.346. The van der Waals surface area contributed by atoms with E-state index in [-0.39, 0.29) is 0 Å². The average Bonchev–Trinajstić information content (AvgIpc) is 3.17. The van der Waals surface area contributed by atoms with Crippen LogP contribution in [0.15, 0.2) is 12.3 Å². The van der Waals surface area contributed by atoms with Crippen molar-refractivity contribution in [1.29, 1.82) is 0 Å². The van der Waals surface area contributed by atoms with E-state index in [2.05, 4.69) is 33.2 Å². The number of halogens is 1. The van der Waals surface area contributed by atoms with Crippen LogP contribution in [0.1, 0.15) is 31.2 Å². The van der Waals surface area contributed by atoms with Gasteiger partial charge >= 0.3 is 0 Å². The minimum absolute atomic E-state index is 0.700.